The Labute approximate surface area is 113 Å². The molecule has 0 saturated carbocycles. The summed E-state index contributed by atoms with van der Waals surface area (Å²) in [6.07, 6.45) is 3.20. The predicted octanol–water partition coefficient (Wildman–Crippen LogP) is 1.75. The van der Waals surface area contributed by atoms with E-state index in [2.05, 4.69) is 18.1 Å². The van der Waals surface area contributed by atoms with E-state index in [1.54, 1.807) is 18.5 Å². The van der Waals surface area contributed by atoms with E-state index < -0.39 is 13.8 Å². The Morgan fingerprint density at radius 2 is 2.21 bits per heavy atom. The summed E-state index contributed by atoms with van der Waals surface area (Å²) in [4.78, 5) is 4.02. The molecule has 2 heterocycles. The molecule has 0 N–H and O–H groups in total. The maximum atomic E-state index is 12.0. The van der Waals surface area contributed by atoms with Crippen molar-refractivity contribution in [1.29, 1.82) is 0 Å². The number of rotatable bonds is 4. The van der Waals surface area contributed by atoms with Crippen molar-refractivity contribution < 1.29 is 18.4 Å². The quantitative estimate of drug-likeness (QED) is 0.615. The second-order valence-corrected chi connectivity index (χ2v) is 4.51. The highest BCUT2D eigenvalue weighted by atomic mass is 19.1. The summed E-state index contributed by atoms with van der Waals surface area (Å²) in [5, 5.41) is 0. The highest BCUT2D eigenvalue weighted by molar-refractivity contribution is 6.61. The van der Waals surface area contributed by atoms with Gasteiger partial charge in [-0.05, 0) is 19.9 Å². The molecular formula is C13H19BFNO3. The first kappa shape index (κ1) is 15.7. The van der Waals surface area contributed by atoms with Crippen LogP contribution < -0.4 is 10.2 Å². The lowest BCUT2D eigenvalue weighted by Gasteiger charge is -2.15. The van der Waals surface area contributed by atoms with Crippen LogP contribution in [-0.4, -0.2) is 37.6 Å². The molecule has 1 fully saturated rings. The van der Waals surface area contributed by atoms with Gasteiger partial charge in [0.1, 0.15) is 19.0 Å². The molecular weight excluding hydrogens is 248 g/mol. The summed E-state index contributed by atoms with van der Waals surface area (Å²) in [6.45, 7) is 9.97. The van der Waals surface area contributed by atoms with Gasteiger partial charge >= 0.3 is 7.12 Å². The molecule has 1 aliphatic rings. The van der Waals surface area contributed by atoms with Gasteiger partial charge in [-0.25, -0.2) is 4.39 Å². The van der Waals surface area contributed by atoms with Crippen LogP contribution in [0.3, 0.4) is 0 Å². The van der Waals surface area contributed by atoms with Crippen LogP contribution in [-0.2, 0) is 9.31 Å². The zero-order valence-corrected chi connectivity index (χ0v) is 11.4. The molecule has 1 saturated heterocycles. The van der Waals surface area contributed by atoms with E-state index >= 15 is 0 Å². The molecule has 0 spiro atoms. The van der Waals surface area contributed by atoms with E-state index in [4.69, 9.17) is 14.0 Å². The van der Waals surface area contributed by atoms with Crippen LogP contribution in [0, 0.1) is 0 Å². The summed E-state index contributed by atoms with van der Waals surface area (Å²) >= 11 is 0. The van der Waals surface area contributed by atoms with E-state index in [1.807, 2.05) is 13.8 Å². The normalized spacial score (nSPS) is 16.7. The van der Waals surface area contributed by atoms with Crippen LogP contribution in [0.2, 0.25) is 0 Å². The number of halogens is 1. The van der Waals surface area contributed by atoms with Gasteiger partial charge in [-0.15, -0.1) is 13.2 Å². The number of aromatic nitrogens is 1. The van der Waals surface area contributed by atoms with Crippen molar-refractivity contribution in [2.45, 2.75) is 19.4 Å². The Morgan fingerprint density at radius 1 is 1.47 bits per heavy atom. The minimum Gasteiger partial charge on any atom is -0.489 e. The fourth-order valence-corrected chi connectivity index (χ4v) is 1.60. The molecule has 4 nitrogen and oxygen atoms in total. The van der Waals surface area contributed by atoms with Crippen molar-refractivity contribution in [1.82, 2.24) is 4.98 Å². The second kappa shape index (κ2) is 7.26. The number of nitrogens with zero attached hydrogens (tertiary/aromatic N) is 1. The van der Waals surface area contributed by atoms with Gasteiger partial charge in [0.25, 0.3) is 0 Å². The molecule has 0 atom stereocenters. The van der Waals surface area contributed by atoms with Crippen molar-refractivity contribution in [2.75, 3.05) is 19.9 Å². The molecule has 0 bridgehead atoms. The Hall–Kier alpha value is -1.40. The van der Waals surface area contributed by atoms with E-state index in [0.717, 1.165) is 5.46 Å². The molecule has 0 unspecified atom stereocenters. The summed E-state index contributed by atoms with van der Waals surface area (Å²) in [5.41, 5.74) is 0.493. The lowest BCUT2D eigenvalue weighted by molar-refractivity contribution is 0.137. The zero-order chi connectivity index (χ0) is 14.3. The average molecular weight is 267 g/mol. The van der Waals surface area contributed by atoms with Gasteiger partial charge in [0.05, 0.1) is 18.4 Å². The van der Waals surface area contributed by atoms with Crippen molar-refractivity contribution in [3.63, 3.8) is 0 Å². The monoisotopic (exact) mass is 267 g/mol. The minimum absolute atomic E-state index is 0.0308. The number of pyridine rings is 1. The lowest BCUT2D eigenvalue weighted by atomic mass is 9.80. The van der Waals surface area contributed by atoms with Crippen molar-refractivity contribution >= 4 is 12.6 Å². The zero-order valence-electron chi connectivity index (χ0n) is 11.4. The van der Waals surface area contributed by atoms with Gasteiger partial charge in [0.15, 0.2) is 0 Å². The number of alkyl halides is 1. The first-order valence-electron chi connectivity index (χ1n) is 6.04. The van der Waals surface area contributed by atoms with E-state index in [9.17, 15) is 4.39 Å². The topological polar surface area (TPSA) is 40.6 Å². The van der Waals surface area contributed by atoms with Gasteiger partial charge in [-0.3, -0.25) is 4.98 Å². The third kappa shape index (κ3) is 4.65. The van der Waals surface area contributed by atoms with E-state index in [-0.39, 0.29) is 12.2 Å². The van der Waals surface area contributed by atoms with E-state index in [1.165, 1.54) is 0 Å². The highest BCUT2D eigenvalue weighted by Gasteiger charge is 2.38. The first-order valence-corrected chi connectivity index (χ1v) is 6.04. The molecule has 1 aromatic heterocycles. The summed E-state index contributed by atoms with van der Waals surface area (Å²) in [6, 6.07) is 1.76. The molecule has 0 amide bonds. The summed E-state index contributed by atoms with van der Waals surface area (Å²) < 4.78 is 28.4. The number of hydrogen-bond acceptors (Lipinski definition) is 4. The number of hydrogen-bond donors (Lipinski definition) is 0. The SMILES string of the molecule is C=C.CC1(C)COB(c2cncc(OCCF)c2)O1. The number of ether oxygens (including phenoxy) is 1. The summed E-state index contributed by atoms with van der Waals surface area (Å²) in [5.74, 6) is 0.525. The highest BCUT2D eigenvalue weighted by Crippen LogP contribution is 2.20. The Morgan fingerprint density at radius 3 is 2.79 bits per heavy atom. The molecule has 0 radical (unpaired) electrons. The van der Waals surface area contributed by atoms with Crippen LogP contribution in [0.4, 0.5) is 4.39 Å². The minimum atomic E-state index is -0.520. The maximum absolute atomic E-state index is 12.0. The average Bonchev–Trinajstić information content (AvgIpc) is 2.79. The standard InChI is InChI=1S/C11H15BFNO3.C2H4/c1-11(2)8-16-12(17-11)9-5-10(7-14-6-9)15-4-3-13;1-2/h5-7H,3-4,8H2,1-2H3;1-2H2. The molecule has 1 aliphatic heterocycles. The first-order chi connectivity index (χ1) is 9.11. The van der Waals surface area contributed by atoms with Gasteiger partial charge in [-0.1, -0.05) is 0 Å². The summed E-state index contributed by atoms with van der Waals surface area (Å²) in [7, 11) is -0.425. The van der Waals surface area contributed by atoms with Gasteiger partial charge in [0.2, 0.25) is 0 Å². The maximum Gasteiger partial charge on any atom is 0.496 e. The fraction of sp³-hybridized carbons (Fsp3) is 0.462. The second-order valence-electron chi connectivity index (χ2n) is 4.51. The molecule has 0 aliphatic carbocycles. The fourth-order valence-electron chi connectivity index (χ4n) is 1.60. The Kier molecular flexibility index (Phi) is 5.98. The predicted molar refractivity (Wildman–Crippen MR) is 73.5 cm³/mol. The molecule has 104 valence electrons. The molecule has 6 heteroatoms. The van der Waals surface area contributed by atoms with Crippen molar-refractivity contribution in [3.05, 3.63) is 31.6 Å². The molecule has 19 heavy (non-hydrogen) atoms. The molecule has 1 aromatic rings. The van der Waals surface area contributed by atoms with Crippen molar-refractivity contribution in [2.24, 2.45) is 0 Å². The van der Waals surface area contributed by atoms with Crippen LogP contribution in [0.15, 0.2) is 31.6 Å². The third-order valence-electron chi connectivity index (χ3n) is 2.36. The smallest absolute Gasteiger partial charge is 0.489 e. The van der Waals surface area contributed by atoms with Gasteiger partial charge < -0.3 is 14.0 Å². The van der Waals surface area contributed by atoms with Gasteiger partial charge in [0, 0.05) is 11.7 Å². The lowest BCUT2D eigenvalue weighted by Crippen LogP contribution is -2.34. The third-order valence-corrected chi connectivity index (χ3v) is 2.36. The van der Waals surface area contributed by atoms with Crippen LogP contribution in [0.5, 0.6) is 5.75 Å². The Bertz CT molecular complexity index is 403. The van der Waals surface area contributed by atoms with Crippen molar-refractivity contribution in [3.8, 4) is 5.75 Å². The molecule has 0 aromatic carbocycles. The Balaban J connectivity index is 0.000000861. The van der Waals surface area contributed by atoms with Crippen LogP contribution >= 0.6 is 0 Å². The van der Waals surface area contributed by atoms with Gasteiger partial charge in [-0.2, -0.15) is 0 Å². The van der Waals surface area contributed by atoms with E-state index in [0.29, 0.717) is 12.4 Å². The molecule has 2 rings (SSSR count). The van der Waals surface area contributed by atoms with Crippen LogP contribution in [0.1, 0.15) is 13.8 Å². The largest absolute Gasteiger partial charge is 0.496 e. The van der Waals surface area contributed by atoms with Crippen LogP contribution in [0.25, 0.3) is 0 Å².